The Labute approximate surface area is 203 Å². The van der Waals surface area contributed by atoms with Crippen LogP contribution < -0.4 is 14.8 Å². The number of hydrogen-bond acceptors (Lipinski definition) is 7. The second-order valence-electron chi connectivity index (χ2n) is 8.53. The second kappa shape index (κ2) is 9.71. The average Bonchev–Trinajstić information content (AvgIpc) is 3.45. The molecule has 180 valence electrons. The average molecular weight is 501 g/mol. The second-order valence-corrected chi connectivity index (χ2v) is 11.2. The van der Waals surface area contributed by atoms with E-state index >= 15 is 0 Å². The fourth-order valence-electron chi connectivity index (χ4n) is 4.09. The number of pyridine rings is 1. The normalized spacial score (nSPS) is 14.2. The van der Waals surface area contributed by atoms with Crippen molar-refractivity contribution in [2.45, 2.75) is 51.3 Å². The maximum atomic E-state index is 13.3. The summed E-state index contributed by atoms with van der Waals surface area (Å²) in [6, 6.07) is 6.97. The smallest absolute Gasteiger partial charge is 0.262 e. The summed E-state index contributed by atoms with van der Waals surface area (Å²) in [4.78, 5) is 22.1. The number of thiazole rings is 1. The molecular formula is C24H28N4O4S2. The van der Waals surface area contributed by atoms with Crippen LogP contribution in [0.5, 0.6) is 5.88 Å². The fourth-order valence-corrected chi connectivity index (χ4v) is 6.45. The molecule has 0 radical (unpaired) electrons. The minimum absolute atomic E-state index is 0.0117. The lowest BCUT2D eigenvalue weighted by Gasteiger charge is -2.13. The van der Waals surface area contributed by atoms with Gasteiger partial charge in [-0.15, -0.1) is 0 Å². The molecule has 0 atom stereocenters. The van der Waals surface area contributed by atoms with E-state index in [0.29, 0.717) is 27.8 Å². The number of aryl methyl sites for hydroxylation is 3. The summed E-state index contributed by atoms with van der Waals surface area (Å²) < 4.78 is 34.2. The Morgan fingerprint density at radius 1 is 1.12 bits per heavy atom. The van der Waals surface area contributed by atoms with Crippen LogP contribution in [0, 0.1) is 26.7 Å². The quantitative estimate of drug-likeness (QED) is 0.469. The first-order valence-electron chi connectivity index (χ1n) is 11.1. The van der Waals surface area contributed by atoms with E-state index in [1.54, 1.807) is 32.0 Å². The van der Waals surface area contributed by atoms with Gasteiger partial charge >= 0.3 is 0 Å². The van der Waals surface area contributed by atoms with Gasteiger partial charge in [-0.25, -0.2) is 18.4 Å². The number of carbonyl (C=O) groups excluding carboxylic acids is 1. The maximum Gasteiger partial charge on any atom is 0.262 e. The molecule has 2 N–H and O–H groups in total. The number of hydrogen-bond donors (Lipinski definition) is 2. The Bertz CT molecular complexity index is 1330. The Morgan fingerprint density at radius 2 is 1.85 bits per heavy atom. The number of amides is 1. The predicted molar refractivity (Wildman–Crippen MR) is 134 cm³/mol. The van der Waals surface area contributed by atoms with Gasteiger partial charge in [-0.1, -0.05) is 36.3 Å². The molecule has 34 heavy (non-hydrogen) atoms. The summed E-state index contributed by atoms with van der Waals surface area (Å²) in [6.45, 7) is 5.40. The first-order chi connectivity index (χ1) is 16.2. The van der Waals surface area contributed by atoms with Crippen molar-refractivity contribution < 1.29 is 17.9 Å². The number of benzene rings is 1. The molecule has 1 aliphatic rings. The van der Waals surface area contributed by atoms with E-state index in [9.17, 15) is 13.2 Å². The topological polar surface area (TPSA) is 110 Å². The van der Waals surface area contributed by atoms with E-state index in [0.717, 1.165) is 41.8 Å². The molecule has 10 heteroatoms. The molecule has 0 bridgehead atoms. The Balaban J connectivity index is 1.61. The van der Waals surface area contributed by atoms with Gasteiger partial charge in [0.15, 0.2) is 5.13 Å². The summed E-state index contributed by atoms with van der Waals surface area (Å²) in [5.74, 6) is 0.471. The van der Waals surface area contributed by atoms with Crippen molar-refractivity contribution >= 4 is 38.1 Å². The molecule has 2 aromatic heterocycles. The van der Waals surface area contributed by atoms with Crippen molar-refractivity contribution in [3.05, 3.63) is 47.3 Å². The lowest BCUT2D eigenvalue weighted by atomic mass is 10.1. The zero-order valence-corrected chi connectivity index (χ0v) is 21.3. The van der Waals surface area contributed by atoms with E-state index in [-0.39, 0.29) is 16.7 Å². The molecule has 0 spiro atoms. The monoisotopic (exact) mass is 500 g/mol. The zero-order chi connectivity index (χ0) is 24.5. The molecule has 3 aromatic rings. The SMILES string of the molecule is COc1cc(C)c(NS(=O)(=O)c2cc(-c3sc(NC(=O)C4CCCC4)nc3C)ccc2C)cn1. The van der Waals surface area contributed by atoms with Gasteiger partial charge in [-0.2, -0.15) is 0 Å². The van der Waals surface area contributed by atoms with Crippen LogP contribution in [0.4, 0.5) is 10.8 Å². The molecule has 4 rings (SSSR count). The fraction of sp³-hybridized carbons (Fsp3) is 0.375. The molecule has 0 unspecified atom stereocenters. The number of methoxy groups -OCH3 is 1. The van der Waals surface area contributed by atoms with Gasteiger partial charge in [0.25, 0.3) is 10.0 Å². The first kappa shape index (κ1) is 24.2. The Hall–Kier alpha value is -2.98. The third-order valence-corrected chi connectivity index (χ3v) is 8.66. The van der Waals surface area contributed by atoms with Crippen molar-refractivity contribution in [3.63, 3.8) is 0 Å². The van der Waals surface area contributed by atoms with Crippen molar-refractivity contribution in [1.82, 2.24) is 9.97 Å². The number of rotatable bonds is 7. The third-order valence-electron chi connectivity index (χ3n) is 6.03. The number of nitrogens with zero attached hydrogens (tertiary/aromatic N) is 2. The summed E-state index contributed by atoms with van der Waals surface area (Å²) in [5, 5.41) is 3.47. The molecule has 1 saturated carbocycles. The number of nitrogens with one attached hydrogen (secondary N) is 2. The molecule has 1 aromatic carbocycles. The Kier molecular flexibility index (Phi) is 6.90. The van der Waals surface area contributed by atoms with Crippen LogP contribution in [0.25, 0.3) is 10.4 Å². The largest absolute Gasteiger partial charge is 0.481 e. The molecule has 8 nitrogen and oxygen atoms in total. The molecule has 2 heterocycles. The molecular weight excluding hydrogens is 472 g/mol. The van der Waals surface area contributed by atoms with Crippen LogP contribution in [0.1, 0.15) is 42.5 Å². The van der Waals surface area contributed by atoms with E-state index < -0.39 is 10.0 Å². The lowest BCUT2D eigenvalue weighted by molar-refractivity contribution is -0.119. The van der Waals surface area contributed by atoms with Gasteiger partial charge < -0.3 is 10.1 Å². The van der Waals surface area contributed by atoms with Crippen LogP contribution in [0.3, 0.4) is 0 Å². The standard InChI is InChI=1S/C24H28N4O4S2/c1-14-9-10-18(22-16(3)26-24(33-22)27-23(29)17-7-5-6-8-17)12-20(14)34(30,31)28-19-13-25-21(32-4)11-15(19)2/h9-13,17,28H,5-8H2,1-4H3,(H,26,27,29). The van der Waals surface area contributed by atoms with Crippen LogP contribution in [0.2, 0.25) is 0 Å². The zero-order valence-electron chi connectivity index (χ0n) is 19.6. The maximum absolute atomic E-state index is 13.3. The summed E-state index contributed by atoms with van der Waals surface area (Å²) in [5.41, 5.74) is 3.17. The van der Waals surface area contributed by atoms with Gasteiger partial charge in [0.05, 0.1) is 34.5 Å². The van der Waals surface area contributed by atoms with Gasteiger partial charge in [-0.05, 0) is 56.4 Å². The molecule has 0 saturated heterocycles. The minimum Gasteiger partial charge on any atom is -0.481 e. The van der Waals surface area contributed by atoms with Crippen molar-refractivity contribution in [2.75, 3.05) is 17.1 Å². The summed E-state index contributed by atoms with van der Waals surface area (Å²) in [7, 11) is -2.36. The molecule has 0 aliphatic heterocycles. The molecule has 1 fully saturated rings. The van der Waals surface area contributed by atoms with E-state index in [2.05, 4.69) is 20.0 Å². The molecule has 1 aliphatic carbocycles. The highest BCUT2D eigenvalue weighted by Crippen LogP contribution is 2.36. The van der Waals surface area contributed by atoms with Gasteiger partial charge in [0, 0.05) is 12.0 Å². The minimum atomic E-state index is -3.87. The highest BCUT2D eigenvalue weighted by Gasteiger charge is 2.24. The van der Waals surface area contributed by atoms with Gasteiger partial charge in [-0.3, -0.25) is 9.52 Å². The van der Waals surface area contributed by atoms with Crippen LogP contribution in [0.15, 0.2) is 35.4 Å². The first-order valence-corrected chi connectivity index (χ1v) is 13.4. The highest BCUT2D eigenvalue weighted by molar-refractivity contribution is 7.92. The number of anilines is 2. The van der Waals surface area contributed by atoms with Gasteiger partial charge in [0.1, 0.15) is 0 Å². The Morgan fingerprint density at radius 3 is 2.53 bits per heavy atom. The number of aromatic nitrogens is 2. The summed E-state index contributed by atoms with van der Waals surface area (Å²) in [6.07, 6.45) is 5.44. The van der Waals surface area contributed by atoms with E-state index in [1.165, 1.54) is 24.6 Å². The van der Waals surface area contributed by atoms with Crippen LogP contribution in [-0.4, -0.2) is 31.4 Å². The van der Waals surface area contributed by atoms with Crippen molar-refractivity contribution in [3.8, 4) is 16.3 Å². The highest BCUT2D eigenvalue weighted by atomic mass is 32.2. The molecule has 1 amide bonds. The van der Waals surface area contributed by atoms with Crippen molar-refractivity contribution in [1.29, 1.82) is 0 Å². The van der Waals surface area contributed by atoms with Gasteiger partial charge in [0.2, 0.25) is 11.8 Å². The third kappa shape index (κ3) is 5.07. The number of carbonyl (C=O) groups is 1. The van der Waals surface area contributed by atoms with E-state index in [4.69, 9.17) is 4.74 Å². The number of sulfonamides is 1. The van der Waals surface area contributed by atoms with Crippen LogP contribution >= 0.6 is 11.3 Å². The number of ether oxygens (including phenoxy) is 1. The van der Waals surface area contributed by atoms with Crippen molar-refractivity contribution in [2.24, 2.45) is 5.92 Å². The van der Waals surface area contributed by atoms with E-state index in [1.807, 2.05) is 13.0 Å². The summed E-state index contributed by atoms with van der Waals surface area (Å²) >= 11 is 1.35. The van der Waals surface area contributed by atoms with Crippen LogP contribution in [-0.2, 0) is 14.8 Å². The predicted octanol–water partition coefficient (Wildman–Crippen LogP) is 5.07. The lowest BCUT2D eigenvalue weighted by Crippen LogP contribution is -2.20.